The Morgan fingerprint density at radius 3 is 0.896 bits per heavy atom. The molecule has 0 spiro atoms. The van der Waals surface area contributed by atoms with Crippen LogP contribution in [-0.4, -0.2) is 25.0 Å². The Morgan fingerprint density at radius 1 is 0.224 bits per heavy atom. The molecule has 4 aromatic heterocycles. The van der Waals surface area contributed by atoms with Crippen molar-refractivity contribution in [3.8, 4) is 67.3 Å². The van der Waals surface area contributed by atoms with Gasteiger partial charge in [-0.25, -0.2) is 0 Å². The predicted octanol–water partition coefficient (Wildman–Crippen LogP) is 30.0. The van der Waals surface area contributed by atoms with Crippen molar-refractivity contribution in [2.75, 3.05) is 9.80 Å². The maximum absolute atomic E-state index is 10.4. The smallest absolute Gasteiger partial charge is 0.252 e. The fraction of sp³-hybridized carbons (Fsp3) is 0.136. The molecule has 0 bridgehead atoms. The number of anilines is 6. The Balaban J connectivity index is 0.943. The minimum atomic E-state index is -0.739. The molecule has 23 rings (SSSR count). The standard InChI is InChI=1S/C118H97BN6/c1-115(2,3)78-53-60-105-95(63-78)96-64-79(116(4,5)6)54-61-106(96)123(105)85-72-110-112-111(73-85)125(114-93(76-39-21-15-22-40-76)67-81(118(10,11)12)68-94(114)77-41-23-16-24-42-77)109-71-84(122-104-52-34-29-47-90(104)97-69-82(57-62-107(97)122)120-100-48-30-25-43-86(100)87-44-26-31-49-101(87)120)56-59-99(109)119(112)98-58-55-83(121-102-50-32-27-45-88(102)89-46-28-33-51-103(89)121)70-108(98)124(110)113-91(74-35-17-13-18-36-74)65-80(117(7,8)9)66-92(113)75-37-19-14-20-38-75/h13-73H,1-12H3/i27D,28D,29D,32D,33D,34D,45D,46D,47D,50D,51D,52D. The van der Waals surface area contributed by atoms with Gasteiger partial charge in [0.05, 0.1) is 77.6 Å². The Kier molecular flexibility index (Phi) is 14.3. The molecular weight excluding hydrogens is 1510 g/mol. The van der Waals surface area contributed by atoms with E-state index in [1.165, 1.54) is 11.1 Å². The van der Waals surface area contributed by atoms with E-state index in [4.69, 9.17) is 0 Å². The van der Waals surface area contributed by atoms with Crippen LogP contribution in [0.25, 0.3) is 154 Å². The van der Waals surface area contributed by atoms with Crippen LogP contribution < -0.4 is 26.2 Å². The normalized spacial score (nSPS) is 14.4. The van der Waals surface area contributed by atoms with Crippen molar-refractivity contribution in [2.45, 2.75) is 105 Å². The van der Waals surface area contributed by atoms with E-state index in [-0.39, 0.29) is 56.8 Å². The second-order valence-corrected chi connectivity index (χ2v) is 38.0. The van der Waals surface area contributed by atoms with Crippen LogP contribution in [0.5, 0.6) is 0 Å². The van der Waals surface area contributed by atoms with E-state index in [2.05, 4.69) is 369 Å². The van der Waals surface area contributed by atoms with Gasteiger partial charge >= 0.3 is 0 Å². The molecule has 7 heteroatoms. The first kappa shape index (κ1) is 63.5. The third-order valence-electron chi connectivity index (χ3n) is 26.3. The van der Waals surface area contributed by atoms with E-state index >= 15 is 0 Å². The first-order valence-electron chi connectivity index (χ1n) is 49.3. The Bertz CT molecular complexity index is 8470. The molecule has 0 N–H and O–H groups in total. The highest BCUT2D eigenvalue weighted by Crippen LogP contribution is 2.57. The summed E-state index contributed by atoms with van der Waals surface area (Å²) in [6.45, 7) is 26.4. The lowest BCUT2D eigenvalue weighted by atomic mass is 9.33. The van der Waals surface area contributed by atoms with Crippen LogP contribution in [0.3, 0.4) is 0 Å². The van der Waals surface area contributed by atoms with Crippen molar-refractivity contribution in [1.82, 2.24) is 18.3 Å². The summed E-state index contributed by atoms with van der Waals surface area (Å²) in [5.41, 5.74) is 25.2. The van der Waals surface area contributed by atoms with Crippen molar-refractivity contribution in [2.24, 2.45) is 0 Å². The van der Waals surface area contributed by atoms with Gasteiger partial charge in [-0.1, -0.05) is 319 Å². The molecule has 0 fully saturated rings. The number of para-hydroxylation sites is 5. The van der Waals surface area contributed by atoms with E-state index in [1.54, 1.807) is 4.57 Å². The van der Waals surface area contributed by atoms with Crippen molar-refractivity contribution in [1.29, 1.82) is 0 Å². The fourth-order valence-corrected chi connectivity index (χ4v) is 20.0. The minimum Gasteiger partial charge on any atom is -0.310 e. The van der Waals surface area contributed by atoms with Crippen LogP contribution in [-0.2, 0) is 21.7 Å². The van der Waals surface area contributed by atoms with E-state index in [1.807, 2.05) is 34.9 Å². The third-order valence-corrected chi connectivity index (χ3v) is 26.3. The molecule has 6 heterocycles. The SMILES string of the molecule is [2H]c1c([2H])c([2H])c2c(c1[2H])c1cc(-n3c4ccccc4c4ccccc43)ccc1n2-c1ccc2c(c1)N(c1c(-c3ccccc3)cc(C(C)(C)C)cc1-c1ccccc1)c1cc(-n3c4ccc(C(C)(C)C)cc4c4cc(C(C)(C)C)ccc43)cc3c1B2c1ccc(-n2c4c([2H])c([2H])c([2H])c([2H])c4c4c([2H])c([2H])c([2H])c([2H])c42)cc1N3c1c(-c2ccccc2)cc(C(C)(C)C)cc1-c1ccccc1. The number of aromatic nitrogens is 4. The van der Waals surface area contributed by atoms with Crippen molar-refractivity contribution in [3.63, 3.8) is 0 Å². The summed E-state index contributed by atoms with van der Waals surface area (Å²) in [7, 11) is 0. The average molecular weight is 1620 g/mol. The molecule has 125 heavy (non-hydrogen) atoms. The van der Waals surface area contributed by atoms with E-state index in [0.29, 0.717) is 38.9 Å². The lowest BCUT2D eigenvalue weighted by molar-refractivity contribution is 0.590. The van der Waals surface area contributed by atoms with Crippen molar-refractivity contribution < 1.29 is 16.4 Å². The summed E-state index contributed by atoms with van der Waals surface area (Å²) >= 11 is 0. The largest absolute Gasteiger partial charge is 0.310 e. The molecule has 0 atom stereocenters. The van der Waals surface area contributed by atoms with Crippen LogP contribution in [0.4, 0.5) is 34.1 Å². The molecule has 0 amide bonds. The van der Waals surface area contributed by atoms with E-state index in [9.17, 15) is 16.4 Å². The fourth-order valence-electron chi connectivity index (χ4n) is 20.0. The molecule has 0 aliphatic carbocycles. The number of hydrogen-bond donors (Lipinski definition) is 0. The zero-order chi connectivity index (χ0) is 95.3. The molecule has 17 aromatic carbocycles. The summed E-state index contributed by atoms with van der Waals surface area (Å²) in [6, 6.07) is 101. The highest BCUT2D eigenvalue weighted by molar-refractivity contribution is 7.00. The molecule has 0 unspecified atom stereocenters. The van der Waals surface area contributed by atoms with Gasteiger partial charge in [-0.2, -0.15) is 0 Å². The van der Waals surface area contributed by atoms with Gasteiger partial charge in [-0.15, -0.1) is 0 Å². The van der Waals surface area contributed by atoms with Crippen LogP contribution in [0.1, 0.15) is 122 Å². The average Bonchev–Trinajstić information content (AvgIpc) is 1.39. The molecule has 21 aromatic rings. The van der Waals surface area contributed by atoms with Crippen LogP contribution >= 0.6 is 0 Å². The number of hydrogen-bond acceptors (Lipinski definition) is 2. The Labute approximate surface area is 748 Å². The van der Waals surface area contributed by atoms with Crippen molar-refractivity contribution in [3.05, 3.63) is 392 Å². The van der Waals surface area contributed by atoms with Gasteiger partial charge in [0, 0.05) is 105 Å². The number of nitrogens with zero attached hydrogens (tertiary/aromatic N) is 6. The molecule has 2 aliphatic heterocycles. The van der Waals surface area contributed by atoms with Crippen molar-refractivity contribution >= 4 is 144 Å². The molecule has 602 valence electrons. The topological polar surface area (TPSA) is 26.2 Å². The zero-order valence-electron chi connectivity index (χ0n) is 84.1. The van der Waals surface area contributed by atoms with Gasteiger partial charge in [0.1, 0.15) is 0 Å². The summed E-state index contributed by atoms with van der Waals surface area (Å²) in [5, 5.41) is 5.18. The van der Waals surface area contributed by atoms with Gasteiger partial charge in [-0.3, -0.25) is 0 Å². The summed E-state index contributed by atoms with van der Waals surface area (Å²) in [6.07, 6.45) is 0. The monoisotopic (exact) mass is 1620 g/mol. The molecule has 0 saturated heterocycles. The van der Waals surface area contributed by atoms with Gasteiger partial charge in [-0.05, 0) is 216 Å². The lowest BCUT2D eigenvalue weighted by Gasteiger charge is -2.46. The summed E-state index contributed by atoms with van der Waals surface area (Å²) in [5.74, 6) is 0. The molecule has 6 nitrogen and oxygen atoms in total. The highest BCUT2D eigenvalue weighted by atomic mass is 15.2. The maximum Gasteiger partial charge on any atom is 0.252 e. The third kappa shape index (κ3) is 12.0. The second-order valence-electron chi connectivity index (χ2n) is 38.0. The van der Waals surface area contributed by atoms with Gasteiger partial charge in [0.15, 0.2) is 0 Å². The van der Waals surface area contributed by atoms with Gasteiger partial charge < -0.3 is 28.1 Å². The quantitative estimate of drug-likeness (QED) is 0.128. The van der Waals surface area contributed by atoms with E-state index < -0.39 is 65.9 Å². The second kappa shape index (κ2) is 28.1. The first-order chi connectivity index (χ1) is 65.5. The molecule has 0 saturated carbocycles. The highest BCUT2D eigenvalue weighted by Gasteiger charge is 2.47. The van der Waals surface area contributed by atoms with Crippen LogP contribution in [0.2, 0.25) is 0 Å². The number of benzene rings is 17. The molecule has 0 radical (unpaired) electrons. The zero-order valence-corrected chi connectivity index (χ0v) is 72.1. The Morgan fingerprint density at radius 2 is 0.512 bits per heavy atom. The number of fused-ring (bicyclic) bond motifs is 16. The summed E-state index contributed by atoms with van der Waals surface area (Å²) in [4.78, 5) is 4.95. The van der Waals surface area contributed by atoms with Gasteiger partial charge in [0.2, 0.25) is 0 Å². The lowest BCUT2D eigenvalue weighted by Crippen LogP contribution is -2.61. The molecular formula is C118H97BN6. The summed E-state index contributed by atoms with van der Waals surface area (Å²) < 4.78 is 126. The van der Waals surface area contributed by atoms with Crippen LogP contribution in [0.15, 0.2) is 370 Å². The Hall–Kier alpha value is -14.4. The molecule has 2 aliphatic rings. The minimum absolute atomic E-state index is 0.0182. The predicted molar refractivity (Wildman–Crippen MR) is 534 cm³/mol. The maximum atomic E-state index is 10.4. The first-order valence-corrected chi connectivity index (χ1v) is 43.3. The van der Waals surface area contributed by atoms with E-state index in [0.717, 1.165) is 155 Å². The van der Waals surface area contributed by atoms with Crippen LogP contribution in [0, 0.1) is 0 Å². The van der Waals surface area contributed by atoms with Gasteiger partial charge in [0.25, 0.3) is 6.71 Å². The number of rotatable bonds is 10.